The summed E-state index contributed by atoms with van der Waals surface area (Å²) in [5.74, 6) is 0. The van der Waals surface area contributed by atoms with E-state index < -0.39 is 0 Å². The van der Waals surface area contributed by atoms with Crippen LogP contribution in [-0.2, 0) is 0 Å². The van der Waals surface area contributed by atoms with Crippen LogP contribution in [0.3, 0.4) is 0 Å². The van der Waals surface area contributed by atoms with Gasteiger partial charge < -0.3 is 10.2 Å². The van der Waals surface area contributed by atoms with Gasteiger partial charge in [-0.25, -0.2) is 0 Å². The van der Waals surface area contributed by atoms with Gasteiger partial charge >= 0.3 is 0 Å². The van der Waals surface area contributed by atoms with Crippen LogP contribution in [0.2, 0.25) is 0 Å². The lowest BCUT2D eigenvalue weighted by Crippen LogP contribution is -2.46. The summed E-state index contributed by atoms with van der Waals surface area (Å²) in [7, 11) is 2.24. The highest BCUT2D eigenvalue weighted by molar-refractivity contribution is 4.79. The predicted molar refractivity (Wildman–Crippen MR) is 75.5 cm³/mol. The zero-order valence-electron chi connectivity index (χ0n) is 12.2. The van der Waals surface area contributed by atoms with Crippen LogP contribution in [0.4, 0.5) is 0 Å². The molecule has 17 heavy (non-hydrogen) atoms. The standard InChI is InChI=1S/C14H31N3/c1-5-8-15-14(6-2)12-17-10-7-9-16(4)11-13(17)3/h13-15H,5-12H2,1-4H3. The Balaban J connectivity index is 2.41. The fourth-order valence-electron chi connectivity index (χ4n) is 2.66. The second-order valence-electron chi connectivity index (χ2n) is 5.52. The van der Waals surface area contributed by atoms with E-state index in [1.807, 2.05) is 0 Å². The number of hydrogen-bond acceptors (Lipinski definition) is 3. The SMILES string of the molecule is CCCNC(CC)CN1CCCN(C)CC1C. The van der Waals surface area contributed by atoms with Crippen LogP contribution in [0, 0.1) is 0 Å². The molecule has 0 radical (unpaired) electrons. The minimum Gasteiger partial charge on any atom is -0.313 e. The van der Waals surface area contributed by atoms with Crippen LogP contribution < -0.4 is 5.32 Å². The molecule has 1 fully saturated rings. The Morgan fingerprint density at radius 2 is 2.06 bits per heavy atom. The molecule has 2 atom stereocenters. The zero-order valence-corrected chi connectivity index (χ0v) is 12.2. The van der Waals surface area contributed by atoms with Gasteiger partial charge in [-0.2, -0.15) is 0 Å². The number of hydrogen-bond donors (Lipinski definition) is 1. The van der Waals surface area contributed by atoms with E-state index in [-0.39, 0.29) is 0 Å². The highest BCUT2D eigenvalue weighted by atomic mass is 15.2. The first-order valence-electron chi connectivity index (χ1n) is 7.33. The van der Waals surface area contributed by atoms with Gasteiger partial charge in [0.1, 0.15) is 0 Å². The molecule has 1 aliphatic heterocycles. The van der Waals surface area contributed by atoms with Crippen molar-refractivity contribution in [2.75, 3.05) is 39.8 Å². The van der Waals surface area contributed by atoms with Crippen molar-refractivity contribution in [1.82, 2.24) is 15.1 Å². The summed E-state index contributed by atoms with van der Waals surface area (Å²) in [6.45, 7) is 13.0. The molecule has 1 aliphatic rings. The third-order valence-corrected chi connectivity index (χ3v) is 3.82. The molecule has 0 aromatic heterocycles. The van der Waals surface area contributed by atoms with Crippen LogP contribution in [0.5, 0.6) is 0 Å². The van der Waals surface area contributed by atoms with Crippen LogP contribution in [0.25, 0.3) is 0 Å². The predicted octanol–water partition coefficient (Wildman–Crippen LogP) is 1.79. The Labute approximate surface area is 108 Å². The summed E-state index contributed by atoms with van der Waals surface area (Å²) >= 11 is 0. The van der Waals surface area contributed by atoms with Crippen molar-refractivity contribution in [2.24, 2.45) is 0 Å². The highest BCUT2D eigenvalue weighted by Crippen LogP contribution is 2.10. The van der Waals surface area contributed by atoms with E-state index in [0.717, 1.165) is 6.54 Å². The van der Waals surface area contributed by atoms with Crippen LogP contribution >= 0.6 is 0 Å². The third kappa shape index (κ3) is 5.36. The van der Waals surface area contributed by atoms with E-state index in [1.54, 1.807) is 0 Å². The van der Waals surface area contributed by atoms with Crippen LogP contribution in [0.1, 0.15) is 40.0 Å². The first-order chi connectivity index (χ1) is 8.17. The highest BCUT2D eigenvalue weighted by Gasteiger charge is 2.21. The Morgan fingerprint density at radius 1 is 1.29 bits per heavy atom. The normalized spacial score (nSPS) is 25.8. The van der Waals surface area contributed by atoms with E-state index in [0.29, 0.717) is 12.1 Å². The summed E-state index contributed by atoms with van der Waals surface area (Å²) in [5.41, 5.74) is 0. The summed E-state index contributed by atoms with van der Waals surface area (Å²) in [6, 6.07) is 1.36. The molecule has 1 saturated heterocycles. The van der Waals surface area contributed by atoms with Gasteiger partial charge in [0, 0.05) is 25.2 Å². The van der Waals surface area contributed by atoms with E-state index in [1.165, 1.54) is 45.4 Å². The molecule has 0 spiro atoms. The Bertz CT molecular complexity index is 196. The molecule has 0 aromatic carbocycles. The molecule has 3 heteroatoms. The van der Waals surface area contributed by atoms with E-state index in [4.69, 9.17) is 0 Å². The molecule has 0 bridgehead atoms. The Morgan fingerprint density at radius 3 is 2.71 bits per heavy atom. The fourth-order valence-corrected chi connectivity index (χ4v) is 2.66. The van der Waals surface area contributed by atoms with E-state index in [2.05, 4.69) is 42.9 Å². The van der Waals surface area contributed by atoms with E-state index >= 15 is 0 Å². The van der Waals surface area contributed by atoms with Crippen molar-refractivity contribution in [3.8, 4) is 0 Å². The van der Waals surface area contributed by atoms with Crippen molar-refractivity contribution >= 4 is 0 Å². The molecule has 0 aliphatic carbocycles. The lowest BCUT2D eigenvalue weighted by atomic mass is 10.1. The topological polar surface area (TPSA) is 18.5 Å². The van der Waals surface area contributed by atoms with Gasteiger partial charge in [0.15, 0.2) is 0 Å². The molecule has 3 nitrogen and oxygen atoms in total. The van der Waals surface area contributed by atoms with Crippen LogP contribution in [0.15, 0.2) is 0 Å². The quantitative estimate of drug-likeness (QED) is 0.765. The minimum atomic E-state index is 0.667. The third-order valence-electron chi connectivity index (χ3n) is 3.82. The maximum absolute atomic E-state index is 3.66. The summed E-state index contributed by atoms with van der Waals surface area (Å²) in [5, 5.41) is 3.66. The molecule has 1 rings (SSSR count). The number of likely N-dealkylation sites (N-methyl/N-ethyl adjacent to an activating group) is 1. The first-order valence-corrected chi connectivity index (χ1v) is 7.33. The van der Waals surface area contributed by atoms with Gasteiger partial charge in [-0.05, 0) is 52.9 Å². The molecule has 0 saturated carbocycles. The molecule has 2 unspecified atom stereocenters. The number of rotatable bonds is 6. The zero-order chi connectivity index (χ0) is 12.7. The average molecular weight is 241 g/mol. The second-order valence-corrected chi connectivity index (χ2v) is 5.52. The molecule has 1 heterocycles. The molecule has 0 aromatic rings. The van der Waals surface area contributed by atoms with Gasteiger partial charge in [0.25, 0.3) is 0 Å². The number of nitrogens with one attached hydrogen (secondary N) is 1. The van der Waals surface area contributed by atoms with Gasteiger partial charge in [-0.1, -0.05) is 13.8 Å². The largest absolute Gasteiger partial charge is 0.313 e. The lowest BCUT2D eigenvalue weighted by molar-refractivity contribution is 0.181. The van der Waals surface area contributed by atoms with Crippen molar-refractivity contribution in [3.63, 3.8) is 0 Å². The van der Waals surface area contributed by atoms with Gasteiger partial charge in [0.2, 0.25) is 0 Å². The smallest absolute Gasteiger partial charge is 0.0195 e. The second kappa shape index (κ2) is 8.06. The van der Waals surface area contributed by atoms with Crippen molar-refractivity contribution in [2.45, 2.75) is 52.1 Å². The summed E-state index contributed by atoms with van der Waals surface area (Å²) in [4.78, 5) is 5.13. The van der Waals surface area contributed by atoms with E-state index in [9.17, 15) is 0 Å². The minimum absolute atomic E-state index is 0.667. The monoisotopic (exact) mass is 241 g/mol. The van der Waals surface area contributed by atoms with Crippen LogP contribution in [-0.4, -0.2) is 61.7 Å². The molecular weight excluding hydrogens is 210 g/mol. The maximum atomic E-state index is 3.66. The molecule has 0 amide bonds. The average Bonchev–Trinajstić information content (AvgIpc) is 2.46. The van der Waals surface area contributed by atoms with Crippen molar-refractivity contribution in [3.05, 3.63) is 0 Å². The maximum Gasteiger partial charge on any atom is 0.0195 e. The first kappa shape index (κ1) is 14.9. The molecule has 1 N–H and O–H groups in total. The number of nitrogens with zero attached hydrogens (tertiary/aromatic N) is 2. The van der Waals surface area contributed by atoms with Gasteiger partial charge in [0.05, 0.1) is 0 Å². The summed E-state index contributed by atoms with van der Waals surface area (Å²) in [6.07, 6.45) is 3.78. The molecular formula is C14H31N3. The van der Waals surface area contributed by atoms with Crippen molar-refractivity contribution in [1.29, 1.82) is 0 Å². The summed E-state index contributed by atoms with van der Waals surface area (Å²) < 4.78 is 0. The van der Waals surface area contributed by atoms with Crippen molar-refractivity contribution < 1.29 is 0 Å². The molecule has 102 valence electrons. The van der Waals surface area contributed by atoms with Gasteiger partial charge in [-0.3, -0.25) is 4.90 Å². The Hall–Kier alpha value is -0.120. The fraction of sp³-hybridized carbons (Fsp3) is 1.00. The lowest BCUT2D eigenvalue weighted by Gasteiger charge is -2.31. The Kier molecular flexibility index (Phi) is 7.09. The van der Waals surface area contributed by atoms with Gasteiger partial charge in [-0.15, -0.1) is 0 Å².